The van der Waals surface area contributed by atoms with Gasteiger partial charge in [-0.15, -0.1) is 5.10 Å². The normalized spacial score (nSPS) is 21.8. The molecule has 0 unspecified atom stereocenters. The molecule has 17 heavy (non-hydrogen) atoms. The van der Waals surface area contributed by atoms with Crippen molar-refractivity contribution in [3.8, 4) is 0 Å². The van der Waals surface area contributed by atoms with Crippen LogP contribution in [-0.4, -0.2) is 53.3 Å². The Labute approximate surface area is 99.5 Å². The van der Waals surface area contributed by atoms with Crippen molar-refractivity contribution in [1.82, 2.24) is 19.3 Å². The molecule has 8 heteroatoms. The summed E-state index contributed by atoms with van der Waals surface area (Å²) in [4.78, 5) is 10.4. The fourth-order valence-corrected chi connectivity index (χ4v) is 2.89. The SMILES string of the molecule is CS(=O)(=O)N1CC[C@H](Cn2cc(C=O)nn2)C1. The van der Waals surface area contributed by atoms with E-state index in [-0.39, 0.29) is 5.92 Å². The van der Waals surface area contributed by atoms with E-state index < -0.39 is 10.0 Å². The Kier molecular flexibility index (Phi) is 3.25. The lowest BCUT2D eigenvalue weighted by Gasteiger charge is -2.12. The van der Waals surface area contributed by atoms with Crippen molar-refractivity contribution in [2.75, 3.05) is 19.3 Å². The molecule has 1 aromatic heterocycles. The summed E-state index contributed by atoms with van der Waals surface area (Å²) >= 11 is 0. The molecule has 0 aromatic carbocycles. The Morgan fingerprint density at radius 1 is 1.59 bits per heavy atom. The van der Waals surface area contributed by atoms with E-state index in [1.54, 1.807) is 10.9 Å². The topological polar surface area (TPSA) is 85.2 Å². The van der Waals surface area contributed by atoms with E-state index in [1.165, 1.54) is 10.6 Å². The number of rotatable bonds is 4. The van der Waals surface area contributed by atoms with Gasteiger partial charge in [0.2, 0.25) is 10.0 Å². The number of nitrogens with zero attached hydrogens (tertiary/aromatic N) is 4. The van der Waals surface area contributed by atoms with Crippen LogP contribution in [0.5, 0.6) is 0 Å². The summed E-state index contributed by atoms with van der Waals surface area (Å²) in [6.45, 7) is 1.65. The van der Waals surface area contributed by atoms with Crippen molar-refractivity contribution in [1.29, 1.82) is 0 Å². The van der Waals surface area contributed by atoms with Crippen LogP contribution in [0.2, 0.25) is 0 Å². The van der Waals surface area contributed by atoms with Crippen LogP contribution in [-0.2, 0) is 16.6 Å². The Balaban J connectivity index is 1.96. The Hall–Kier alpha value is -1.28. The molecular weight excluding hydrogens is 244 g/mol. The van der Waals surface area contributed by atoms with Gasteiger partial charge in [-0.3, -0.25) is 9.48 Å². The molecule has 7 nitrogen and oxygen atoms in total. The van der Waals surface area contributed by atoms with Gasteiger partial charge in [0, 0.05) is 19.6 Å². The minimum absolute atomic E-state index is 0.228. The first kappa shape index (κ1) is 12.2. The number of carbonyl (C=O) groups is 1. The van der Waals surface area contributed by atoms with Gasteiger partial charge in [0.1, 0.15) is 5.69 Å². The third-order valence-electron chi connectivity index (χ3n) is 2.84. The minimum atomic E-state index is -3.10. The van der Waals surface area contributed by atoms with Crippen LogP contribution >= 0.6 is 0 Å². The van der Waals surface area contributed by atoms with Gasteiger partial charge in [0.15, 0.2) is 6.29 Å². The summed E-state index contributed by atoms with van der Waals surface area (Å²) in [5, 5.41) is 7.46. The maximum atomic E-state index is 11.3. The third-order valence-corrected chi connectivity index (χ3v) is 4.11. The zero-order valence-electron chi connectivity index (χ0n) is 9.48. The summed E-state index contributed by atoms with van der Waals surface area (Å²) < 4.78 is 25.7. The molecule has 0 bridgehead atoms. The predicted octanol–water partition coefficient (Wildman–Crippen LogP) is -0.628. The standard InChI is InChI=1S/C9H14N4O3S/c1-17(15,16)13-3-2-8(5-13)4-12-6-9(7-14)10-11-12/h6-8H,2-5H2,1H3/t8-/m1/s1. The van der Waals surface area contributed by atoms with Crippen LogP contribution in [0.3, 0.4) is 0 Å². The molecule has 1 aliphatic heterocycles. The fraction of sp³-hybridized carbons (Fsp3) is 0.667. The average molecular weight is 258 g/mol. The van der Waals surface area contributed by atoms with E-state index >= 15 is 0 Å². The molecule has 0 spiro atoms. The Morgan fingerprint density at radius 2 is 2.35 bits per heavy atom. The zero-order valence-corrected chi connectivity index (χ0v) is 10.3. The first-order chi connectivity index (χ1) is 7.99. The summed E-state index contributed by atoms with van der Waals surface area (Å²) in [5.41, 5.74) is 0.294. The second-order valence-electron chi connectivity index (χ2n) is 4.26. The van der Waals surface area contributed by atoms with E-state index in [9.17, 15) is 13.2 Å². The van der Waals surface area contributed by atoms with Crippen molar-refractivity contribution in [2.24, 2.45) is 5.92 Å². The molecule has 0 radical (unpaired) electrons. The molecule has 0 N–H and O–H groups in total. The van der Waals surface area contributed by atoms with Gasteiger partial charge in [0.25, 0.3) is 0 Å². The van der Waals surface area contributed by atoms with E-state index in [0.29, 0.717) is 31.6 Å². The molecule has 2 heterocycles. The predicted molar refractivity (Wildman–Crippen MR) is 59.9 cm³/mol. The molecular formula is C9H14N4O3S. The molecule has 1 aromatic rings. The Bertz CT molecular complexity index is 510. The number of aromatic nitrogens is 3. The lowest BCUT2D eigenvalue weighted by molar-refractivity contribution is 0.111. The minimum Gasteiger partial charge on any atom is -0.296 e. The van der Waals surface area contributed by atoms with Crippen LogP contribution in [0, 0.1) is 5.92 Å². The highest BCUT2D eigenvalue weighted by Crippen LogP contribution is 2.19. The van der Waals surface area contributed by atoms with Crippen molar-refractivity contribution < 1.29 is 13.2 Å². The van der Waals surface area contributed by atoms with Crippen LogP contribution in [0.15, 0.2) is 6.20 Å². The zero-order chi connectivity index (χ0) is 12.5. The van der Waals surface area contributed by atoms with Crippen molar-refractivity contribution >= 4 is 16.3 Å². The summed E-state index contributed by atoms with van der Waals surface area (Å²) in [6.07, 6.45) is 4.23. The van der Waals surface area contributed by atoms with Gasteiger partial charge in [-0.1, -0.05) is 5.21 Å². The maximum Gasteiger partial charge on any atom is 0.211 e. The van der Waals surface area contributed by atoms with Crippen LogP contribution < -0.4 is 0 Å². The quantitative estimate of drug-likeness (QED) is 0.671. The number of carbonyl (C=O) groups excluding carboxylic acids is 1. The van der Waals surface area contributed by atoms with Crippen molar-refractivity contribution in [3.63, 3.8) is 0 Å². The first-order valence-electron chi connectivity index (χ1n) is 5.29. The van der Waals surface area contributed by atoms with Gasteiger partial charge >= 0.3 is 0 Å². The number of hydrogen-bond acceptors (Lipinski definition) is 5. The fourth-order valence-electron chi connectivity index (χ4n) is 1.97. The number of sulfonamides is 1. The van der Waals surface area contributed by atoms with Gasteiger partial charge in [-0.2, -0.15) is 0 Å². The summed E-state index contributed by atoms with van der Waals surface area (Å²) in [5.74, 6) is 0.228. The second-order valence-corrected chi connectivity index (χ2v) is 6.24. The smallest absolute Gasteiger partial charge is 0.211 e. The largest absolute Gasteiger partial charge is 0.296 e. The van der Waals surface area contributed by atoms with E-state index in [4.69, 9.17) is 0 Å². The molecule has 1 saturated heterocycles. The maximum absolute atomic E-state index is 11.3. The van der Waals surface area contributed by atoms with Crippen molar-refractivity contribution in [3.05, 3.63) is 11.9 Å². The summed E-state index contributed by atoms with van der Waals surface area (Å²) in [6, 6.07) is 0. The molecule has 1 fully saturated rings. The van der Waals surface area contributed by atoms with Crippen LogP contribution in [0.4, 0.5) is 0 Å². The molecule has 2 rings (SSSR count). The van der Waals surface area contributed by atoms with Crippen LogP contribution in [0.25, 0.3) is 0 Å². The lowest BCUT2D eigenvalue weighted by Crippen LogP contribution is -2.28. The molecule has 94 valence electrons. The van der Waals surface area contributed by atoms with Crippen LogP contribution in [0.1, 0.15) is 16.9 Å². The summed E-state index contributed by atoms with van der Waals surface area (Å²) in [7, 11) is -3.10. The van der Waals surface area contributed by atoms with Gasteiger partial charge in [0.05, 0.1) is 12.5 Å². The van der Waals surface area contributed by atoms with E-state index in [2.05, 4.69) is 10.3 Å². The monoisotopic (exact) mass is 258 g/mol. The molecule has 1 aliphatic rings. The molecule has 0 saturated carbocycles. The van der Waals surface area contributed by atoms with Crippen molar-refractivity contribution in [2.45, 2.75) is 13.0 Å². The van der Waals surface area contributed by atoms with Gasteiger partial charge in [-0.25, -0.2) is 12.7 Å². The lowest BCUT2D eigenvalue weighted by atomic mass is 10.1. The highest BCUT2D eigenvalue weighted by molar-refractivity contribution is 7.88. The highest BCUT2D eigenvalue weighted by atomic mass is 32.2. The molecule has 0 aliphatic carbocycles. The van der Waals surface area contributed by atoms with Gasteiger partial charge < -0.3 is 0 Å². The Morgan fingerprint density at radius 3 is 2.88 bits per heavy atom. The third kappa shape index (κ3) is 2.89. The number of hydrogen-bond donors (Lipinski definition) is 0. The van der Waals surface area contributed by atoms with E-state index in [0.717, 1.165) is 6.42 Å². The molecule has 1 atom stereocenters. The first-order valence-corrected chi connectivity index (χ1v) is 7.14. The number of aldehydes is 1. The average Bonchev–Trinajstić information content (AvgIpc) is 2.86. The second kappa shape index (κ2) is 4.53. The molecule has 0 amide bonds. The highest BCUT2D eigenvalue weighted by Gasteiger charge is 2.28. The van der Waals surface area contributed by atoms with E-state index in [1.807, 2.05) is 0 Å². The van der Waals surface area contributed by atoms with Gasteiger partial charge in [-0.05, 0) is 12.3 Å².